The maximum atomic E-state index is 13.1. The third-order valence-corrected chi connectivity index (χ3v) is 20.1. The molecule has 19 heteroatoms. The molecule has 0 saturated carbocycles. The molecule has 0 aliphatic heterocycles. The van der Waals surface area contributed by atoms with Gasteiger partial charge in [-0.25, -0.2) is 9.13 Å². The summed E-state index contributed by atoms with van der Waals surface area (Å²) in [7, 11) is -9.90. The average molecular weight is 1410 g/mol. The maximum Gasteiger partial charge on any atom is 0.472 e. The molecule has 0 bridgehead atoms. The summed E-state index contributed by atoms with van der Waals surface area (Å²) in [6, 6.07) is 0. The van der Waals surface area contributed by atoms with E-state index in [4.69, 9.17) is 37.0 Å². The Kier molecular flexibility index (Phi) is 66.2. The van der Waals surface area contributed by atoms with Gasteiger partial charge in [-0.05, 0) is 43.4 Å². The highest BCUT2D eigenvalue weighted by atomic mass is 31.2. The van der Waals surface area contributed by atoms with Crippen molar-refractivity contribution in [3.05, 3.63) is 0 Å². The number of phosphoric acid groups is 2. The highest BCUT2D eigenvalue weighted by molar-refractivity contribution is 7.47. The van der Waals surface area contributed by atoms with Crippen molar-refractivity contribution < 1.29 is 80.2 Å². The minimum absolute atomic E-state index is 0.105. The summed E-state index contributed by atoms with van der Waals surface area (Å²) in [5, 5.41) is 10.6. The molecule has 0 aliphatic carbocycles. The number of ether oxygens (including phenoxy) is 4. The van der Waals surface area contributed by atoms with Crippen LogP contribution >= 0.6 is 15.6 Å². The lowest BCUT2D eigenvalue weighted by Gasteiger charge is -2.21. The number of aliphatic hydroxyl groups is 1. The second-order valence-electron chi connectivity index (χ2n) is 28.9. The van der Waals surface area contributed by atoms with E-state index in [1.807, 2.05) is 0 Å². The van der Waals surface area contributed by atoms with Gasteiger partial charge in [-0.1, -0.05) is 344 Å². The molecule has 6 atom stereocenters. The van der Waals surface area contributed by atoms with E-state index >= 15 is 0 Å². The van der Waals surface area contributed by atoms with Gasteiger partial charge in [-0.2, -0.15) is 0 Å². The molecule has 0 heterocycles. The van der Waals surface area contributed by atoms with Gasteiger partial charge in [-0.3, -0.25) is 37.3 Å². The molecule has 96 heavy (non-hydrogen) atoms. The maximum absolute atomic E-state index is 13.1. The molecule has 0 amide bonds. The molecule has 0 aromatic carbocycles. The van der Waals surface area contributed by atoms with Crippen LogP contribution in [0.5, 0.6) is 0 Å². The minimum atomic E-state index is -4.96. The van der Waals surface area contributed by atoms with E-state index in [0.29, 0.717) is 25.7 Å². The number of carbonyl (C=O) groups is 4. The molecule has 17 nitrogen and oxygen atoms in total. The Morgan fingerprint density at radius 3 is 0.792 bits per heavy atom. The van der Waals surface area contributed by atoms with Crippen LogP contribution in [0.3, 0.4) is 0 Å². The molecule has 0 fully saturated rings. The van der Waals surface area contributed by atoms with Crippen molar-refractivity contribution >= 4 is 39.5 Å². The molecule has 0 radical (unpaired) electrons. The zero-order valence-corrected chi connectivity index (χ0v) is 64.6. The Bertz CT molecular complexity index is 1870. The van der Waals surface area contributed by atoms with E-state index in [0.717, 1.165) is 114 Å². The van der Waals surface area contributed by atoms with Gasteiger partial charge in [0.1, 0.15) is 19.3 Å². The number of carbonyl (C=O) groups excluding carboxylic acids is 4. The molecule has 0 rings (SSSR count). The predicted molar refractivity (Wildman–Crippen MR) is 391 cm³/mol. The van der Waals surface area contributed by atoms with Crippen LogP contribution in [0.15, 0.2) is 0 Å². The summed E-state index contributed by atoms with van der Waals surface area (Å²) in [6.45, 7) is 11.9. The van der Waals surface area contributed by atoms with Crippen LogP contribution in [0.25, 0.3) is 0 Å². The van der Waals surface area contributed by atoms with Crippen molar-refractivity contribution in [2.75, 3.05) is 39.6 Å². The molecular formula is C77H150O17P2. The number of hydrogen-bond acceptors (Lipinski definition) is 15. The number of unbranched alkanes of at least 4 members (excludes halogenated alkanes) is 42. The monoisotopic (exact) mass is 1410 g/mol. The van der Waals surface area contributed by atoms with Gasteiger partial charge in [0.05, 0.1) is 26.4 Å². The van der Waals surface area contributed by atoms with Crippen molar-refractivity contribution in [1.82, 2.24) is 0 Å². The summed E-state index contributed by atoms with van der Waals surface area (Å²) in [5.74, 6) is 0.292. The Hall–Kier alpha value is -1.94. The second-order valence-corrected chi connectivity index (χ2v) is 31.8. The second kappa shape index (κ2) is 67.5. The highest BCUT2D eigenvalue weighted by Gasteiger charge is 2.30. The first-order valence-electron chi connectivity index (χ1n) is 39.9. The normalized spacial score (nSPS) is 14.3. The average Bonchev–Trinajstić information content (AvgIpc) is 1.18. The van der Waals surface area contributed by atoms with Gasteiger partial charge < -0.3 is 33.8 Å². The number of hydrogen-bond donors (Lipinski definition) is 3. The molecule has 0 spiro atoms. The Labute approximate surface area is 588 Å². The van der Waals surface area contributed by atoms with Gasteiger partial charge in [0.25, 0.3) is 0 Å². The first kappa shape index (κ1) is 94.1. The van der Waals surface area contributed by atoms with Crippen LogP contribution < -0.4 is 0 Å². The van der Waals surface area contributed by atoms with Crippen LogP contribution in [0.2, 0.25) is 0 Å². The van der Waals surface area contributed by atoms with Crippen molar-refractivity contribution in [2.24, 2.45) is 17.8 Å². The third-order valence-electron chi connectivity index (χ3n) is 18.2. The summed E-state index contributed by atoms with van der Waals surface area (Å²) >= 11 is 0. The molecule has 0 aromatic heterocycles. The zero-order valence-electron chi connectivity index (χ0n) is 62.8. The van der Waals surface area contributed by atoms with E-state index < -0.39 is 97.5 Å². The fourth-order valence-electron chi connectivity index (χ4n) is 11.7. The molecule has 0 saturated heterocycles. The van der Waals surface area contributed by atoms with E-state index in [1.165, 1.54) is 199 Å². The number of aliphatic hydroxyl groups excluding tert-OH is 1. The van der Waals surface area contributed by atoms with E-state index in [1.54, 1.807) is 0 Å². The molecule has 0 aromatic rings. The van der Waals surface area contributed by atoms with Crippen molar-refractivity contribution in [2.45, 2.75) is 414 Å². The summed E-state index contributed by atoms with van der Waals surface area (Å²) < 4.78 is 68.3. The Morgan fingerprint density at radius 2 is 0.531 bits per heavy atom. The van der Waals surface area contributed by atoms with Gasteiger partial charge in [0, 0.05) is 25.7 Å². The van der Waals surface area contributed by atoms with E-state index in [-0.39, 0.29) is 25.7 Å². The third kappa shape index (κ3) is 69.2. The van der Waals surface area contributed by atoms with Crippen molar-refractivity contribution in [3.8, 4) is 0 Å². The summed E-state index contributed by atoms with van der Waals surface area (Å²) in [4.78, 5) is 72.6. The SMILES string of the molecule is CCCCCCCC(=O)OC[C@H](COP(=O)(O)OC[C@H](O)COP(=O)(O)OC[C@@H](COC(=O)CCCCCCCCCCCCCCCCCC(C)C)OC(=O)CCCCCCCCCCCCCCCCCCC(C)C)OC(=O)CCCCCCCCCCCCC(C)CC. The van der Waals surface area contributed by atoms with Crippen molar-refractivity contribution in [3.63, 3.8) is 0 Å². The standard InChI is InChI=1S/C77H150O17P2/c1-8-10-11-41-51-58-74(79)87-64-72(93-76(81)61-54-47-40-34-28-27-31-37-44-50-57-70(7)9-2)66-91-95(83,84)89-62-71(78)63-90-96(85,86)92-67-73(65-88-75(80)59-52-45-38-32-25-21-18-14-16-20-24-30-36-43-49-56-69(5)6)94-77(82)60-53-46-39-33-26-22-17-13-12-15-19-23-29-35-42-48-55-68(3)4/h68-73,78H,8-67H2,1-7H3,(H,83,84)(H,85,86)/t70?,71-,72+,73+/m0/s1. The van der Waals surface area contributed by atoms with Crippen LogP contribution in [-0.4, -0.2) is 96.7 Å². The lowest BCUT2D eigenvalue weighted by molar-refractivity contribution is -0.161. The zero-order chi connectivity index (χ0) is 70.9. The quantitative estimate of drug-likeness (QED) is 0.0222. The smallest absolute Gasteiger partial charge is 0.462 e. The van der Waals surface area contributed by atoms with Gasteiger partial charge >= 0.3 is 39.5 Å². The first-order valence-corrected chi connectivity index (χ1v) is 42.9. The fourth-order valence-corrected chi connectivity index (χ4v) is 13.3. The first-order chi connectivity index (χ1) is 46.3. The lowest BCUT2D eigenvalue weighted by Crippen LogP contribution is -2.30. The molecule has 0 aliphatic rings. The highest BCUT2D eigenvalue weighted by Crippen LogP contribution is 2.45. The summed E-state index contributed by atoms with van der Waals surface area (Å²) in [5.41, 5.74) is 0. The predicted octanol–water partition coefficient (Wildman–Crippen LogP) is 22.6. The van der Waals surface area contributed by atoms with Crippen LogP contribution in [0, 0.1) is 17.8 Å². The number of phosphoric ester groups is 2. The number of rotatable bonds is 75. The largest absolute Gasteiger partial charge is 0.472 e. The van der Waals surface area contributed by atoms with Crippen LogP contribution in [-0.2, 0) is 65.4 Å². The number of esters is 4. The lowest BCUT2D eigenvalue weighted by atomic mass is 9.99. The molecule has 3 N–H and O–H groups in total. The topological polar surface area (TPSA) is 237 Å². The van der Waals surface area contributed by atoms with Crippen LogP contribution in [0.1, 0.15) is 395 Å². The molecule has 570 valence electrons. The molecular weight excluding hydrogens is 1260 g/mol. The van der Waals surface area contributed by atoms with Crippen molar-refractivity contribution in [1.29, 1.82) is 0 Å². The van der Waals surface area contributed by atoms with E-state index in [9.17, 15) is 43.2 Å². The van der Waals surface area contributed by atoms with Crippen LogP contribution in [0.4, 0.5) is 0 Å². The van der Waals surface area contributed by atoms with E-state index in [2.05, 4.69) is 48.5 Å². The summed E-state index contributed by atoms with van der Waals surface area (Å²) in [6.07, 6.45) is 54.5. The fraction of sp³-hybridized carbons (Fsp3) is 0.948. The minimum Gasteiger partial charge on any atom is -0.462 e. The van der Waals surface area contributed by atoms with Gasteiger partial charge in [-0.15, -0.1) is 0 Å². The molecule has 3 unspecified atom stereocenters. The Balaban J connectivity index is 5.14. The Morgan fingerprint density at radius 1 is 0.302 bits per heavy atom. The van der Waals surface area contributed by atoms with Gasteiger partial charge in [0.15, 0.2) is 12.2 Å². The van der Waals surface area contributed by atoms with Gasteiger partial charge in [0.2, 0.25) is 0 Å².